The number of thioether (sulfide) groups is 1. The molecule has 0 unspecified atom stereocenters. The van der Waals surface area contributed by atoms with Crippen molar-refractivity contribution in [1.29, 1.82) is 5.26 Å². The third kappa shape index (κ3) is 3.89. The van der Waals surface area contributed by atoms with Crippen molar-refractivity contribution in [2.75, 3.05) is 11.1 Å². The zero-order valence-electron chi connectivity index (χ0n) is 14.7. The minimum atomic E-state index is -0.390. The van der Waals surface area contributed by atoms with Gasteiger partial charge in [-0.1, -0.05) is 24.3 Å². The molecule has 2 aromatic carbocycles. The maximum atomic E-state index is 12.8. The predicted molar refractivity (Wildman–Crippen MR) is 105 cm³/mol. The lowest BCUT2D eigenvalue weighted by atomic mass is 10.2. The topological polar surface area (TPSA) is 70.7 Å². The Kier molecular flexibility index (Phi) is 5.59. The highest BCUT2D eigenvalue weighted by Crippen LogP contribution is 2.29. The van der Waals surface area contributed by atoms with Crippen LogP contribution in [0.5, 0.6) is 0 Å². The van der Waals surface area contributed by atoms with Gasteiger partial charge in [-0.2, -0.15) is 5.26 Å². The minimum Gasteiger partial charge on any atom is -0.323 e. The van der Waals surface area contributed by atoms with Gasteiger partial charge in [-0.25, -0.2) is 4.98 Å². The molecule has 0 radical (unpaired) electrons. The molecule has 0 aliphatic rings. The van der Waals surface area contributed by atoms with Crippen LogP contribution in [0.3, 0.4) is 0 Å². The lowest BCUT2D eigenvalue weighted by Crippen LogP contribution is -2.23. The first-order valence-corrected chi connectivity index (χ1v) is 9.42. The third-order valence-electron chi connectivity index (χ3n) is 4.13. The molecule has 0 fully saturated rings. The van der Waals surface area contributed by atoms with Crippen molar-refractivity contribution in [2.45, 2.75) is 24.8 Å². The lowest BCUT2D eigenvalue weighted by molar-refractivity contribution is -0.118. The molecule has 132 valence electrons. The first-order chi connectivity index (χ1) is 12.6. The van der Waals surface area contributed by atoms with E-state index in [9.17, 15) is 4.79 Å². The van der Waals surface area contributed by atoms with Crippen LogP contribution in [0.4, 0.5) is 5.69 Å². The van der Waals surface area contributed by atoms with Crippen LogP contribution < -0.4 is 5.32 Å². The number of nitriles is 1. The molecule has 0 saturated heterocycles. The molecule has 0 bridgehead atoms. The number of carbonyl (C=O) groups is 1. The van der Waals surface area contributed by atoms with Crippen LogP contribution in [0.15, 0.2) is 59.8 Å². The van der Waals surface area contributed by atoms with Crippen LogP contribution in [0.25, 0.3) is 11.0 Å². The zero-order valence-corrected chi connectivity index (χ0v) is 15.5. The van der Waals surface area contributed by atoms with Gasteiger partial charge in [0.05, 0.1) is 35.0 Å². The van der Waals surface area contributed by atoms with Crippen LogP contribution >= 0.6 is 11.8 Å². The Bertz CT molecular complexity index is 960. The number of nitrogens with one attached hydrogen (secondary N) is 1. The summed E-state index contributed by atoms with van der Waals surface area (Å²) in [6.45, 7) is 3.75. The normalized spacial score (nSPS) is 13.1. The second-order valence-electron chi connectivity index (χ2n) is 6.14. The van der Waals surface area contributed by atoms with Gasteiger partial charge in [-0.3, -0.25) is 4.79 Å². The molecule has 1 heterocycles. The molecule has 0 spiro atoms. The van der Waals surface area contributed by atoms with E-state index in [2.05, 4.69) is 16.4 Å². The number of amides is 1. The number of nitrogens with zero attached hydrogens (tertiary/aromatic N) is 3. The fourth-order valence-electron chi connectivity index (χ4n) is 2.60. The minimum absolute atomic E-state index is 0.0417. The Balaban J connectivity index is 1.77. The summed E-state index contributed by atoms with van der Waals surface area (Å²) in [6, 6.07) is 17.3. The fraction of sp³-hybridized carbons (Fsp3) is 0.250. The van der Waals surface area contributed by atoms with Crippen molar-refractivity contribution in [2.24, 2.45) is 5.92 Å². The molecule has 0 saturated carbocycles. The number of para-hydroxylation sites is 3. The van der Waals surface area contributed by atoms with Gasteiger partial charge in [0.2, 0.25) is 5.91 Å². The van der Waals surface area contributed by atoms with Gasteiger partial charge in [-0.15, -0.1) is 11.8 Å². The molecule has 5 nitrogen and oxygen atoms in total. The van der Waals surface area contributed by atoms with E-state index in [-0.39, 0.29) is 11.8 Å². The highest BCUT2D eigenvalue weighted by atomic mass is 32.2. The number of hydrogen-bond donors (Lipinski definition) is 1. The summed E-state index contributed by atoms with van der Waals surface area (Å²) < 4.78 is 1.87. The molecule has 6 heteroatoms. The molecular weight excluding hydrogens is 344 g/mol. The number of rotatable bonds is 6. The Morgan fingerprint density at radius 2 is 1.96 bits per heavy atom. The average Bonchev–Trinajstić information content (AvgIpc) is 3.10. The van der Waals surface area contributed by atoms with Gasteiger partial charge < -0.3 is 9.88 Å². The lowest BCUT2D eigenvalue weighted by Gasteiger charge is -2.16. The second-order valence-corrected chi connectivity index (χ2v) is 7.20. The molecule has 26 heavy (non-hydrogen) atoms. The first kappa shape index (κ1) is 18.0. The van der Waals surface area contributed by atoms with E-state index in [1.165, 1.54) is 0 Å². The van der Waals surface area contributed by atoms with Gasteiger partial charge in [0.1, 0.15) is 6.04 Å². The Morgan fingerprint density at radius 1 is 1.23 bits per heavy atom. The van der Waals surface area contributed by atoms with Gasteiger partial charge in [-0.05, 0) is 38.1 Å². The largest absolute Gasteiger partial charge is 0.323 e. The van der Waals surface area contributed by atoms with Crippen molar-refractivity contribution >= 4 is 34.4 Å². The number of carbonyl (C=O) groups excluding carboxylic acids is 1. The zero-order chi connectivity index (χ0) is 18.5. The third-order valence-corrected chi connectivity index (χ3v) is 5.47. The van der Waals surface area contributed by atoms with Crippen molar-refractivity contribution in [3.8, 4) is 6.07 Å². The molecule has 0 aliphatic carbocycles. The molecule has 2 atom stereocenters. The highest BCUT2D eigenvalue weighted by molar-refractivity contribution is 7.99. The number of hydrogen-bond acceptors (Lipinski definition) is 4. The van der Waals surface area contributed by atoms with Crippen molar-refractivity contribution in [1.82, 2.24) is 9.55 Å². The smallest absolute Gasteiger partial charge is 0.247 e. The molecule has 1 amide bonds. The monoisotopic (exact) mass is 364 g/mol. The summed E-state index contributed by atoms with van der Waals surface area (Å²) in [5.41, 5.74) is 2.57. The van der Waals surface area contributed by atoms with Crippen molar-refractivity contribution in [3.63, 3.8) is 0 Å². The predicted octanol–water partition coefficient (Wildman–Crippen LogP) is 4.49. The Hall–Kier alpha value is -2.78. The summed E-state index contributed by atoms with van der Waals surface area (Å²) in [5.74, 6) is 0.542. The molecule has 1 N–H and O–H groups in total. The number of benzene rings is 2. The maximum Gasteiger partial charge on any atom is 0.247 e. The standard InChI is InChI=1S/C20H20N4OS/c1-14(11-21)12-26-19-10-6-4-8-17(19)23-20(25)15(2)24-13-22-16-7-3-5-9-18(16)24/h3-10,13-15H,12H2,1-2H3,(H,23,25)/t14-,15-/m0/s1. The van der Waals surface area contributed by atoms with Gasteiger partial charge in [0, 0.05) is 10.6 Å². The van der Waals surface area contributed by atoms with Crippen LogP contribution in [-0.4, -0.2) is 21.2 Å². The van der Waals surface area contributed by atoms with E-state index in [1.807, 2.05) is 66.9 Å². The van der Waals surface area contributed by atoms with E-state index in [0.717, 1.165) is 21.6 Å². The van der Waals surface area contributed by atoms with Crippen LogP contribution in [0.2, 0.25) is 0 Å². The molecule has 3 rings (SSSR count). The molecule has 3 aromatic rings. The maximum absolute atomic E-state index is 12.8. The molecular formula is C20H20N4OS. The SMILES string of the molecule is C[C@@H](C#N)CSc1ccccc1NC(=O)[C@H](C)n1cnc2ccccc21. The van der Waals surface area contributed by atoms with Crippen molar-refractivity contribution in [3.05, 3.63) is 54.9 Å². The fourth-order valence-corrected chi connectivity index (χ4v) is 3.55. The van der Waals surface area contributed by atoms with Crippen molar-refractivity contribution < 1.29 is 4.79 Å². The number of aromatic nitrogens is 2. The number of imidazole rings is 1. The summed E-state index contributed by atoms with van der Waals surface area (Å²) in [4.78, 5) is 18.1. The summed E-state index contributed by atoms with van der Waals surface area (Å²) >= 11 is 1.58. The number of fused-ring (bicyclic) bond motifs is 1. The Labute approximate surface area is 157 Å². The van der Waals surface area contributed by atoms with E-state index < -0.39 is 6.04 Å². The van der Waals surface area contributed by atoms with E-state index in [4.69, 9.17) is 5.26 Å². The van der Waals surface area contributed by atoms with Crippen LogP contribution in [0.1, 0.15) is 19.9 Å². The summed E-state index contributed by atoms with van der Waals surface area (Å²) in [5, 5.41) is 12.0. The summed E-state index contributed by atoms with van der Waals surface area (Å²) in [6.07, 6.45) is 1.70. The Morgan fingerprint density at radius 3 is 2.77 bits per heavy atom. The van der Waals surface area contributed by atoms with E-state index >= 15 is 0 Å². The van der Waals surface area contributed by atoms with Gasteiger partial charge in [0.15, 0.2) is 0 Å². The van der Waals surface area contributed by atoms with Gasteiger partial charge in [0.25, 0.3) is 0 Å². The van der Waals surface area contributed by atoms with E-state index in [0.29, 0.717) is 5.75 Å². The average molecular weight is 364 g/mol. The van der Waals surface area contributed by atoms with Crippen LogP contribution in [0, 0.1) is 17.2 Å². The number of anilines is 1. The highest BCUT2D eigenvalue weighted by Gasteiger charge is 2.18. The quantitative estimate of drug-likeness (QED) is 0.654. The molecule has 1 aromatic heterocycles. The van der Waals surface area contributed by atoms with E-state index in [1.54, 1.807) is 18.1 Å². The van der Waals surface area contributed by atoms with Gasteiger partial charge >= 0.3 is 0 Å². The first-order valence-electron chi connectivity index (χ1n) is 8.44. The molecule has 0 aliphatic heterocycles. The summed E-state index contributed by atoms with van der Waals surface area (Å²) in [7, 11) is 0. The second kappa shape index (κ2) is 8.07. The van der Waals surface area contributed by atoms with Crippen LogP contribution in [-0.2, 0) is 4.79 Å².